The molecule has 6 rings (SSSR count). The number of aromatic nitrogens is 2. The predicted molar refractivity (Wildman–Crippen MR) is 165 cm³/mol. The second-order valence-electron chi connectivity index (χ2n) is 11.8. The van der Waals surface area contributed by atoms with Crippen LogP contribution in [0.15, 0.2) is 108 Å². The Balaban J connectivity index is 1.27. The zero-order chi connectivity index (χ0) is 30.7. The number of nitrogens with one attached hydrogen (secondary N) is 1. The first kappa shape index (κ1) is 29.8. The Labute approximate surface area is 256 Å². The second kappa shape index (κ2) is 12.4. The molecular weight excluding hydrogens is 578 g/mol. The minimum Gasteiger partial charge on any atom is -0.452 e. The topological polar surface area (TPSA) is 110 Å². The van der Waals surface area contributed by atoms with E-state index in [1.54, 1.807) is 10.8 Å². The van der Waals surface area contributed by atoms with E-state index in [1.807, 2.05) is 66.7 Å². The highest BCUT2D eigenvalue weighted by Crippen LogP contribution is 2.42. The highest BCUT2D eigenvalue weighted by atomic mass is 28.4. The van der Waals surface area contributed by atoms with Crippen molar-refractivity contribution in [2.75, 3.05) is 6.61 Å². The molecule has 44 heavy (non-hydrogen) atoms. The number of hydrogen-bond donors (Lipinski definition) is 1. The number of rotatable bonds is 9. The van der Waals surface area contributed by atoms with Crippen molar-refractivity contribution in [3.05, 3.63) is 119 Å². The van der Waals surface area contributed by atoms with Crippen LogP contribution in [0.25, 0.3) is 0 Å². The molecule has 1 fully saturated rings. The minimum atomic E-state index is -2.92. The van der Waals surface area contributed by atoms with Crippen LogP contribution in [-0.4, -0.2) is 48.9 Å². The largest absolute Gasteiger partial charge is 0.452 e. The SMILES string of the molecule is CC(C)(C)[Si](OC[C@H]1O[C@@H]2[C@@H](Oc3nc(=O)ccn32)[C@@H]1OC(=O)NOCc1ccccc1)(c1ccccc1)c1ccccc1. The lowest BCUT2D eigenvalue weighted by molar-refractivity contribution is -0.0531. The van der Waals surface area contributed by atoms with Gasteiger partial charge in [-0.3, -0.25) is 14.2 Å². The number of hydroxylamine groups is 1. The molecule has 0 spiro atoms. The van der Waals surface area contributed by atoms with E-state index < -0.39 is 44.5 Å². The second-order valence-corrected chi connectivity index (χ2v) is 16.1. The molecular formula is C33H35N3O7Si. The molecule has 3 aromatic carbocycles. The summed E-state index contributed by atoms with van der Waals surface area (Å²) >= 11 is 0. The summed E-state index contributed by atoms with van der Waals surface area (Å²) in [4.78, 5) is 34.2. The molecule has 1 saturated heterocycles. The average Bonchev–Trinajstić information content (AvgIpc) is 3.53. The van der Waals surface area contributed by atoms with Crippen molar-refractivity contribution in [2.45, 2.75) is 57.0 Å². The molecule has 0 unspecified atom stereocenters. The molecule has 0 bridgehead atoms. The predicted octanol–water partition coefficient (Wildman–Crippen LogP) is 3.70. The maximum absolute atomic E-state index is 13.0. The number of benzene rings is 3. The Bertz CT molecular complexity index is 1590. The highest BCUT2D eigenvalue weighted by Gasteiger charge is 2.56. The molecule has 0 saturated carbocycles. The third-order valence-corrected chi connectivity index (χ3v) is 13.0. The van der Waals surface area contributed by atoms with E-state index >= 15 is 0 Å². The first-order chi connectivity index (χ1) is 21.3. The Morgan fingerprint density at radius 1 is 0.932 bits per heavy atom. The number of ether oxygens (including phenoxy) is 3. The minimum absolute atomic E-state index is 0.105. The summed E-state index contributed by atoms with van der Waals surface area (Å²) in [7, 11) is -2.92. The summed E-state index contributed by atoms with van der Waals surface area (Å²) in [6, 6.07) is 31.4. The molecule has 10 nitrogen and oxygen atoms in total. The fourth-order valence-corrected chi connectivity index (χ4v) is 10.6. The molecule has 2 aliphatic heterocycles. The number of hydrogen-bond acceptors (Lipinski definition) is 8. The van der Waals surface area contributed by atoms with Gasteiger partial charge in [0.15, 0.2) is 18.4 Å². The van der Waals surface area contributed by atoms with Gasteiger partial charge in [0.25, 0.3) is 13.9 Å². The van der Waals surface area contributed by atoms with Crippen LogP contribution < -0.4 is 26.1 Å². The molecule has 0 aliphatic carbocycles. The smallest absolute Gasteiger partial charge is 0.431 e. The highest BCUT2D eigenvalue weighted by molar-refractivity contribution is 6.99. The van der Waals surface area contributed by atoms with Crippen molar-refractivity contribution in [1.29, 1.82) is 0 Å². The summed E-state index contributed by atoms with van der Waals surface area (Å²) < 4.78 is 27.1. The lowest BCUT2D eigenvalue weighted by Crippen LogP contribution is -2.67. The summed E-state index contributed by atoms with van der Waals surface area (Å²) in [6.07, 6.45) is -2.24. The van der Waals surface area contributed by atoms with Crippen LogP contribution in [0.4, 0.5) is 4.79 Å². The molecule has 4 aromatic rings. The monoisotopic (exact) mass is 613 g/mol. The summed E-state index contributed by atoms with van der Waals surface area (Å²) in [5.41, 5.74) is 2.81. The third kappa shape index (κ3) is 5.79. The zero-order valence-corrected chi connectivity index (χ0v) is 25.8. The van der Waals surface area contributed by atoms with Crippen molar-refractivity contribution < 1.29 is 28.3 Å². The quantitative estimate of drug-likeness (QED) is 0.225. The van der Waals surface area contributed by atoms with E-state index in [-0.39, 0.29) is 24.3 Å². The maximum Gasteiger partial charge on any atom is 0.431 e. The summed E-state index contributed by atoms with van der Waals surface area (Å²) in [6.45, 7) is 6.86. The van der Waals surface area contributed by atoms with E-state index in [9.17, 15) is 9.59 Å². The Hall–Kier alpha value is -4.29. The molecule has 11 heteroatoms. The molecule has 1 aromatic heterocycles. The fourth-order valence-electron chi connectivity index (χ4n) is 6.00. The van der Waals surface area contributed by atoms with Crippen LogP contribution in [0.1, 0.15) is 32.6 Å². The molecule has 1 N–H and O–H groups in total. The average molecular weight is 614 g/mol. The molecule has 3 heterocycles. The standard InChI is InChI=1S/C33H35N3O7Si/c1-33(2,3)44(24-15-9-5-10-16-24,25-17-11-6-12-18-25)40-22-26-28(43-32(38)35-39-21-23-13-7-4-8-14-23)29-30(41-26)36-20-19-27(37)34-31(36)42-29/h4-20,26,28-30H,21-22H2,1-3H3,(H,35,38)/t26-,28-,29+,30-/m1/s1. The molecule has 2 aliphatic rings. The van der Waals surface area contributed by atoms with Gasteiger partial charge >= 0.3 is 12.1 Å². The Morgan fingerprint density at radius 3 is 2.16 bits per heavy atom. The lowest BCUT2D eigenvalue weighted by Gasteiger charge is -2.43. The normalized spacial score (nSPS) is 20.8. The van der Waals surface area contributed by atoms with E-state index in [1.165, 1.54) is 6.07 Å². The van der Waals surface area contributed by atoms with Crippen molar-refractivity contribution in [3.63, 3.8) is 0 Å². The van der Waals surface area contributed by atoms with E-state index in [4.69, 9.17) is 23.5 Å². The third-order valence-electron chi connectivity index (χ3n) is 7.97. The summed E-state index contributed by atoms with van der Waals surface area (Å²) in [5, 5.41) is 1.96. The maximum atomic E-state index is 13.0. The summed E-state index contributed by atoms with van der Waals surface area (Å²) in [5.74, 6) is 0. The van der Waals surface area contributed by atoms with Gasteiger partial charge in [-0.1, -0.05) is 112 Å². The van der Waals surface area contributed by atoms with E-state index in [0.717, 1.165) is 15.9 Å². The van der Waals surface area contributed by atoms with Gasteiger partial charge in [0.05, 0.1) is 13.2 Å². The van der Waals surface area contributed by atoms with Gasteiger partial charge in [-0.25, -0.2) is 4.79 Å². The molecule has 228 valence electrons. The van der Waals surface area contributed by atoms with Gasteiger partial charge in [0, 0.05) is 12.3 Å². The fraction of sp³-hybridized carbons (Fsp3) is 0.303. The van der Waals surface area contributed by atoms with Crippen LogP contribution in [0.3, 0.4) is 0 Å². The Morgan fingerprint density at radius 2 is 1.55 bits per heavy atom. The van der Waals surface area contributed by atoms with E-state index in [0.29, 0.717) is 0 Å². The number of nitrogens with zero attached hydrogens (tertiary/aromatic N) is 2. The molecule has 0 radical (unpaired) electrons. The van der Waals surface area contributed by atoms with Gasteiger partial charge < -0.3 is 18.6 Å². The van der Waals surface area contributed by atoms with Gasteiger partial charge in [0.1, 0.15) is 6.10 Å². The number of fused-ring (bicyclic) bond motifs is 3. The van der Waals surface area contributed by atoms with Crippen LogP contribution in [0.5, 0.6) is 6.01 Å². The van der Waals surface area contributed by atoms with Gasteiger partial charge in [0.2, 0.25) is 0 Å². The van der Waals surface area contributed by atoms with Crippen LogP contribution >= 0.6 is 0 Å². The molecule has 1 amide bonds. The molecule has 4 atom stereocenters. The van der Waals surface area contributed by atoms with Gasteiger partial charge in [-0.05, 0) is 21.0 Å². The zero-order valence-electron chi connectivity index (χ0n) is 24.8. The van der Waals surface area contributed by atoms with Crippen LogP contribution in [-0.2, 0) is 25.3 Å². The van der Waals surface area contributed by atoms with Gasteiger partial charge in [-0.2, -0.15) is 10.5 Å². The number of carbonyl (C=O) groups is 1. The first-order valence-corrected chi connectivity index (χ1v) is 16.5. The lowest BCUT2D eigenvalue weighted by atomic mass is 10.1. The van der Waals surface area contributed by atoms with Crippen molar-refractivity contribution in [1.82, 2.24) is 15.0 Å². The van der Waals surface area contributed by atoms with Crippen molar-refractivity contribution in [3.8, 4) is 6.01 Å². The van der Waals surface area contributed by atoms with Crippen LogP contribution in [0, 0.1) is 0 Å². The van der Waals surface area contributed by atoms with Crippen LogP contribution in [0.2, 0.25) is 5.04 Å². The Kier molecular flexibility index (Phi) is 8.37. The van der Waals surface area contributed by atoms with Crippen molar-refractivity contribution >= 4 is 24.8 Å². The number of amides is 1. The number of carbonyl (C=O) groups excluding carboxylic acids is 1. The van der Waals surface area contributed by atoms with E-state index in [2.05, 4.69) is 55.5 Å². The van der Waals surface area contributed by atoms with Gasteiger partial charge in [-0.15, -0.1) is 0 Å². The van der Waals surface area contributed by atoms with Crippen molar-refractivity contribution in [2.24, 2.45) is 0 Å². The first-order valence-electron chi connectivity index (χ1n) is 14.5.